The Kier molecular flexibility index (Phi) is 11.7. The van der Waals surface area contributed by atoms with E-state index >= 15 is 0 Å². The van der Waals surface area contributed by atoms with E-state index in [2.05, 4.69) is 20.5 Å². The first-order chi connectivity index (χ1) is 14.6. The quantitative estimate of drug-likeness (QED) is 0.165. The van der Waals surface area contributed by atoms with Crippen molar-refractivity contribution in [3.05, 3.63) is 35.1 Å². The van der Waals surface area contributed by atoms with Gasteiger partial charge in [0.1, 0.15) is 5.82 Å². The second-order valence-corrected chi connectivity index (χ2v) is 7.70. The lowest BCUT2D eigenvalue weighted by Gasteiger charge is -2.26. The number of rotatable bonds is 8. The topological polar surface area (TPSA) is 60.0 Å². The second kappa shape index (κ2) is 13.2. The Morgan fingerprint density at radius 2 is 2.00 bits per heavy atom. The molecule has 1 unspecified atom stereocenters. The third-order valence-corrected chi connectivity index (χ3v) is 5.13. The Morgan fingerprint density at radius 1 is 1.28 bits per heavy atom. The van der Waals surface area contributed by atoms with Gasteiger partial charge in [-0.15, -0.1) is 24.0 Å². The van der Waals surface area contributed by atoms with Gasteiger partial charge in [0.15, 0.2) is 5.96 Å². The van der Waals surface area contributed by atoms with E-state index in [1.165, 1.54) is 0 Å². The number of carbonyl (C=O) groups is 1. The van der Waals surface area contributed by atoms with Crippen LogP contribution in [0.5, 0.6) is 0 Å². The molecule has 2 N–H and O–H groups in total. The Balaban J connectivity index is 0.00000512. The van der Waals surface area contributed by atoms with Gasteiger partial charge in [-0.1, -0.05) is 6.07 Å². The van der Waals surface area contributed by atoms with Gasteiger partial charge in [0.25, 0.3) is 0 Å². The van der Waals surface area contributed by atoms with Crippen LogP contribution in [0.2, 0.25) is 0 Å². The number of amides is 1. The van der Waals surface area contributed by atoms with E-state index in [0.717, 1.165) is 44.5 Å². The third kappa shape index (κ3) is 8.38. The van der Waals surface area contributed by atoms with Crippen molar-refractivity contribution in [3.8, 4) is 0 Å². The highest BCUT2D eigenvalue weighted by atomic mass is 127. The predicted octanol–water partition coefficient (Wildman–Crippen LogP) is 3.46. The van der Waals surface area contributed by atoms with E-state index in [0.29, 0.717) is 25.1 Å². The van der Waals surface area contributed by atoms with E-state index in [1.54, 1.807) is 19.0 Å². The molecule has 1 heterocycles. The van der Waals surface area contributed by atoms with Crippen LogP contribution in [-0.4, -0.2) is 68.0 Å². The molecule has 6 nitrogen and oxygen atoms in total. The fourth-order valence-corrected chi connectivity index (χ4v) is 3.62. The summed E-state index contributed by atoms with van der Waals surface area (Å²) in [5.41, 5.74) is -1.11. The van der Waals surface area contributed by atoms with Gasteiger partial charge in [-0.25, -0.2) is 9.38 Å². The lowest BCUT2D eigenvalue weighted by molar-refractivity contribution is -0.138. The number of aliphatic imine (C=N–C) groups is 1. The zero-order chi connectivity index (χ0) is 23.0. The summed E-state index contributed by atoms with van der Waals surface area (Å²) in [6.07, 6.45) is -2.05. The van der Waals surface area contributed by atoms with Gasteiger partial charge < -0.3 is 15.5 Å². The number of likely N-dealkylation sites (N-methyl/N-ethyl adjacent to an activating group) is 1. The maximum Gasteiger partial charge on any atom is 0.416 e. The van der Waals surface area contributed by atoms with Crippen LogP contribution in [0.3, 0.4) is 0 Å². The SMILES string of the molecule is CCNC(=NCc1ccc(F)cc1C(F)(F)F)NCCCN1CCCC1C(=O)N(C)C.I. The largest absolute Gasteiger partial charge is 0.416 e. The van der Waals surface area contributed by atoms with Gasteiger partial charge in [0.05, 0.1) is 18.2 Å². The molecule has 1 amide bonds. The molecule has 1 aliphatic heterocycles. The molecule has 1 fully saturated rings. The smallest absolute Gasteiger partial charge is 0.357 e. The monoisotopic (exact) mass is 573 g/mol. The number of benzene rings is 1. The van der Waals surface area contributed by atoms with Gasteiger partial charge in [-0.3, -0.25) is 9.69 Å². The van der Waals surface area contributed by atoms with Crippen molar-refractivity contribution < 1.29 is 22.4 Å². The summed E-state index contributed by atoms with van der Waals surface area (Å²) >= 11 is 0. The summed E-state index contributed by atoms with van der Waals surface area (Å²) in [4.78, 5) is 20.3. The molecule has 0 aromatic heterocycles. The molecule has 1 atom stereocenters. The number of guanidine groups is 1. The van der Waals surface area contributed by atoms with Crippen LogP contribution < -0.4 is 10.6 Å². The normalized spacial score (nSPS) is 17.1. The van der Waals surface area contributed by atoms with Crippen molar-refractivity contribution in [2.75, 3.05) is 40.3 Å². The van der Waals surface area contributed by atoms with Gasteiger partial charge >= 0.3 is 6.18 Å². The van der Waals surface area contributed by atoms with Crippen LogP contribution in [0.15, 0.2) is 23.2 Å². The number of nitrogens with one attached hydrogen (secondary N) is 2. The first kappa shape index (κ1) is 28.4. The molecule has 1 aromatic carbocycles. The minimum atomic E-state index is -4.64. The number of hydrogen-bond acceptors (Lipinski definition) is 3. The highest BCUT2D eigenvalue weighted by molar-refractivity contribution is 14.0. The van der Waals surface area contributed by atoms with Gasteiger partial charge in [-0.2, -0.15) is 13.2 Å². The van der Waals surface area contributed by atoms with Crippen molar-refractivity contribution in [1.29, 1.82) is 0 Å². The molecule has 0 spiro atoms. The highest BCUT2D eigenvalue weighted by Gasteiger charge is 2.34. The maximum atomic E-state index is 13.3. The van der Waals surface area contributed by atoms with E-state index in [4.69, 9.17) is 0 Å². The maximum absolute atomic E-state index is 13.3. The fraction of sp³-hybridized carbons (Fsp3) is 0.619. The van der Waals surface area contributed by atoms with Crippen LogP contribution in [0, 0.1) is 5.82 Å². The van der Waals surface area contributed by atoms with Crippen molar-refractivity contribution in [3.63, 3.8) is 0 Å². The molecule has 0 aliphatic carbocycles. The molecule has 11 heteroatoms. The summed E-state index contributed by atoms with van der Waals surface area (Å²) in [6.45, 7) is 4.36. The summed E-state index contributed by atoms with van der Waals surface area (Å²) in [5.74, 6) is -0.430. The minimum absolute atomic E-state index is 0. The Labute approximate surface area is 203 Å². The molecule has 1 saturated heterocycles. The number of nitrogens with zero attached hydrogens (tertiary/aromatic N) is 3. The molecule has 182 valence electrons. The molecule has 1 aromatic rings. The molecular weight excluding hydrogens is 541 g/mol. The van der Waals surface area contributed by atoms with E-state index in [9.17, 15) is 22.4 Å². The van der Waals surface area contributed by atoms with Crippen molar-refractivity contribution in [1.82, 2.24) is 20.4 Å². The zero-order valence-corrected chi connectivity index (χ0v) is 21.0. The molecule has 0 saturated carbocycles. The van der Waals surface area contributed by atoms with Crippen LogP contribution in [0.1, 0.15) is 37.3 Å². The molecule has 0 bridgehead atoms. The Bertz CT molecular complexity index is 773. The van der Waals surface area contributed by atoms with E-state index in [-0.39, 0.29) is 48.0 Å². The Morgan fingerprint density at radius 3 is 2.62 bits per heavy atom. The predicted molar refractivity (Wildman–Crippen MR) is 128 cm³/mol. The van der Waals surface area contributed by atoms with Crippen molar-refractivity contribution in [2.45, 2.75) is 44.9 Å². The third-order valence-electron chi connectivity index (χ3n) is 5.13. The first-order valence-corrected chi connectivity index (χ1v) is 10.5. The van der Waals surface area contributed by atoms with Gasteiger partial charge in [0.2, 0.25) is 5.91 Å². The highest BCUT2D eigenvalue weighted by Crippen LogP contribution is 2.32. The average molecular weight is 573 g/mol. The fourth-order valence-electron chi connectivity index (χ4n) is 3.62. The molecular formula is C21H32F4IN5O. The van der Waals surface area contributed by atoms with E-state index < -0.39 is 17.6 Å². The van der Waals surface area contributed by atoms with Crippen LogP contribution in [0.4, 0.5) is 17.6 Å². The van der Waals surface area contributed by atoms with Gasteiger partial charge in [-0.05, 0) is 50.4 Å². The summed E-state index contributed by atoms with van der Waals surface area (Å²) in [7, 11) is 3.51. The number of carbonyl (C=O) groups excluding carboxylic acids is 1. The number of hydrogen-bond donors (Lipinski definition) is 2. The standard InChI is InChI=1S/C21H31F4N5O.HI/c1-4-26-20(28-14-15-8-9-16(22)13-17(15)21(23,24)25)27-10-6-12-30-11-5-7-18(30)19(31)29(2)3;/h8-9,13,18H,4-7,10-12,14H2,1-3H3,(H2,26,27,28);1H. The zero-order valence-electron chi connectivity index (χ0n) is 18.6. The van der Waals surface area contributed by atoms with E-state index in [1.807, 2.05) is 6.92 Å². The van der Waals surface area contributed by atoms with Crippen LogP contribution >= 0.6 is 24.0 Å². The lowest BCUT2D eigenvalue weighted by Crippen LogP contribution is -2.44. The number of halogens is 5. The number of alkyl halides is 3. The van der Waals surface area contributed by atoms with Crippen molar-refractivity contribution in [2.24, 2.45) is 4.99 Å². The lowest BCUT2D eigenvalue weighted by atomic mass is 10.1. The first-order valence-electron chi connectivity index (χ1n) is 10.5. The molecule has 1 aliphatic rings. The van der Waals surface area contributed by atoms with Crippen LogP contribution in [0.25, 0.3) is 0 Å². The summed E-state index contributed by atoms with van der Waals surface area (Å²) < 4.78 is 52.7. The minimum Gasteiger partial charge on any atom is -0.357 e. The van der Waals surface area contributed by atoms with Gasteiger partial charge in [0, 0.05) is 33.7 Å². The molecule has 2 rings (SSSR count). The van der Waals surface area contributed by atoms with Crippen molar-refractivity contribution >= 4 is 35.8 Å². The second-order valence-electron chi connectivity index (χ2n) is 7.70. The number of likely N-dealkylation sites (tertiary alicyclic amines) is 1. The summed E-state index contributed by atoms with van der Waals surface area (Å²) in [5, 5.41) is 6.11. The Hall–Kier alpha value is -1.63. The average Bonchev–Trinajstić information content (AvgIpc) is 3.16. The molecule has 0 radical (unpaired) electrons. The van der Waals surface area contributed by atoms with Crippen LogP contribution in [-0.2, 0) is 17.5 Å². The molecule has 32 heavy (non-hydrogen) atoms. The summed E-state index contributed by atoms with van der Waals surface area (Å²) in [6, 6.07) is 2.52.